The molecule has 0 unspecified atom stereocenters. The maximum atomic E-state index is 4.23. The number of pyridine rings is 1. The minimum atomic E-state index is 0.935. The lowest BCUT2D eigenvalue weighted by molar-refractivity contribution is 0.718. The van der Waals surface area contributed by atoms with Crippen molar-refractivity contribution in [1.82, 2.24) is 4.98 Å². The third kappa shape index (κ3) is 2.62. The van der Waals surface area contributed by atoms with Crippen molar-refractivity contribution in [3.8, 4) is 0 Å². The molecule has 2 aromatic rings. The van der Waals surface area contributed by atoms with Crippen molar-refractivity contribution in [2.45, 2.75) is 32.6 Å². The van der Waals surface area contributed by atoms with Crippen LogP contribution in [0.25, 0.3) is 10.8 Å². The van der Waals surface area contributed by atoms with Crippen LogP contribution in [0.2, 0.25) is 0 Å². The second kappa shape index (κ2) is 5.44. The molecular formula is C14H16BrN. The van der Waals surface area contributed by atoms with E-state index in [2.05, 4.69) is 52.1 Å². The van der Waals surface area contributed by atoms with Crippen LogP contribution in [-0.2, 0) is 6.42 Å². The monoisotopic (exact) mass is 277 g/mol. The second-order valence-corrected chi connectivity index (χ2v) is 4.87. The zero-order valence-electron chi connectivity index (χ0n) is 9.54. The van der Waals surface area contributed by atoms with Crippen LogP contribution in [0, 0.1) is 0 Å². The first kappa shape index (κ1) is 11.6. The topological polar surface area (TPSA) is 12.9 Å². The van der Waals surface area contributed by atoms with E-state index in [1.165, 1.54) is 42.0 Å². The third-order valence-electron chi connectivity index (χ3n) is 2.85. The smallest absolute Gasteiger partial charge is 0.113 e. The summed E-state index contributed by atoms with van der Waals surface area (Å²) < 4.78 is 0.935. The van der Waals surface area contributed by atoms with Gasteiger partial charge >= 0.3 is 0 Å². The van der Waals surface area contributed by atoms with Crippen molar-refractivity contribution in [1.29, 1.82) is 0 Å². The fourth-order valence-electron chi connectivity index (χ4n) is 1.93. The van der Waals surface area contributed by atoms with E-state index < -0.39 is 0 Å². The van der Waals surface area contributed by atoms with Gasteiger partial charge in [-0.25, -0.2) is 4.98 Å². The molecule has 0 amide bonds. The van der Waals surface area contributed by atoms with E-state index in [0.29, 0.717) is 0 Å². The lowest BCUT2D eigenvalue weighted by Gasteiger charge is -2.04. The minimum Gasteiger partial charge on any atom is -0.249 e. The molecule has 2 rings (SSSR count). The maximum Gasteiger partial charge on any atom is 0.113 e. The summed E-state index contributed by atoms with van der Waals surface area (Å²) in [7, 11) is 0. The van der Waals surface area contributed by atoms with Gasteiger partial charge in [-0.1, -0.05) is 38.0 Å². The number of halogens is 1. The van der Waals surface area contributed by atoms with Crippen molar-refractivity contribution in [2.75, 3.05) is 0 Å². The number of rotatable bonds is 4. The molecule has 0 saturated heterocycles. The molecule has 2 heteroatoms. The number of fused-ring (bicyclic) bond motifs is 1. The Morgan fingerprint density at radius 2 is 2.06 bits per heavy atom. The van der Waals surface area contributed by atoms with Gasteiger partial charge in [-0.05, 0) is 45.8 Å². The average Bonchev–Trinajstić information content (AvgIpc) is 2.30. The summed E-state index contributed by atoms with van der Waals surface area (Å²) in [6, 6.07) is 8.72. The summed E-state index contributed by atoms with van der Waals surface area (Å²) in [6.45, 7) is 2.24. The number of hydrogen-bond acceptors (Lipinski definition) is 1. The summed E-state index contributed by atoms with van der Waals surface area (Å²) in [5.41, 5.74) is 1.43. The highest BCUT2D eigenvalue weighted by molar-refractivity contribution is 9.10. The van der Waals surface area contributed by atoms with Crippen LogP contribution >= 0.6 is 15.9 Å². The lowest BCUT2D eigenvalue weighted by atomic mass is 10.0. The first-order chi connectivity index (χ1) is 7.81. The van der Waals surface area contributed by atoms with Crippen molar-refractivity contribution >= 4 is 26.7 Å². The fourth-order valence-corrected chi connectivity index (χ4v) is 2.40. The molecule has 0 fully saturated rings. The molecule has 1 aromatic heterocycles. The molecule has 1 nitrogen and oxygen atoms in total. The molecule has 0 aliphatic carbocycles. The highest BCUT2D eigenvalue weighted by Gasteiger charge is 2.00. The molecular weight excluding hydrogens is 262 g/mol. The van der Waals surface area contributed by atoms with Gasteiger partial charge in [0.1, 0.15) is 4.60 Å². The predicted molar refractivity (Wildman–Crippen MR) is 72.7 cm³/mol. The van der Waals surface area contributed by atoms with E-state index >= 15 is 0 Å². The van der Waals surface area contributed by atoms with Gasteiger partial charge in [-0.15, -0.1) is 0 Å². The zero-order valence-corrected chi connectivity index (χ0v) is 11.1. The van der Waals surface area contributed by atoms with Gasteiger partial charge in [0.25, 0.3) is 0 Å². The molecule has 0 N–H and O–H groups in total. The van der Waals surface area contributed by atoms with Gasteiger partial charge in [0, 0.05) is 11.6 Å². The molecule has 1 heterocycles. The number of hydrogen-bond donors (Lipinski definition) is 0. The molecule has 16 heavy (non-hydrogen) atoms. The quantitative estimate of drug-likeness (QED) is 0.582. The Hall–Kier alpha value is -0.890. The SMILES string of the molecule is CCCCCc1ccc2c(Br)nccc2c1. The van der Waals surface area contributed by atoms with Crippen LogP contribution in [0.5, 0.6) is 0 Å². The predicted octanol–water partition coefficient (Wildman–Crippen LogP) is 4.73. The van der Waals surface area contributed by atoms with Crippen LogP contribution in [0.4, 0.5) is 0 Å². The highest BCUT2D eigenvalue weighted by Crippen LogP contribution is 2.23. The van der Waals surface area contributed by atoms with Gasteiger partial charge in [0.2, 0.25) is 0 Å². The van der Waals surface area contributed by atoms with Gasteiger partial charge < -0.3 is 0 Å². The number of unbranched alkanes of at least 4 members (excludes halogenated alkanes) is 2. The molecule has 0 aliphatic rings. The van der Waals surface area contributed by atoms with Crippen LogP contribution in [-0.4, -0.2) is 4.98 Å². The van der Waals surface area contributed by atoms with Gasteiger partial charge in [0.15, 0.2) is 0 Å². The summed E-state index contributed by atoms with van der Waals surface area (Å²) in [4.78, 5) is 4.23. The average molecular weight is 278 g/mol. The molecule has 0 bridgehead atoms. The molecule has 0 saturated carbocycles. The van der Waals surface area contributed by atoms with Crippen LogP contribution in [0.15, 0.2) is 35.1 Å². The van der Waals surface area contributed by atoms with E-state index in [-0.39, 0.29) is 0 Å². The van der Waals surface area contributed by atoms with Crippen molar-refractivity contribution in [3.63, 3.8) is 0 Å². The second-order valence-electron chi connectivity index (χ2n) is 4.11. The van der Waals surface area contributed by atoms with E-state index in [9.17, 15) is 0 Å². The Morgan fingerprint density at radius 3 is 2.88 bits per heavy atom. The Labute approximate surface area is 105 Å². The summed E-state index contributed by atoms with van der Waals surface area (Å²) in [6.07, 6.45) is 6.92. The van der Waals surface area contributed by atoms with Crippen LogP contribution in [0.3, 0.4) is 0 Å². The molecule has 84 valence electrons. The number of aromatic nitrogens is 1. The van der Waals surface area contributed by atoms with Crippen LogP contribution < -0.4 is 0 Å². The summed E-state index contributed by atoms with van der Waals surface area (Å²) in [5.74, 6) is 0. The Morgan fingerprint density at radius 1 is 1.19 bits per heavy atom. The first-order valence-corrected chi connectivity index (χ1v) is 6.63. The summed E-state index contributed by atoms with van der Waals surface area (Å²) >= 11 is 3.47. The third-order valence-corrected chi connectivity index (χ3v) is 3.48. The molecule has 0 aliphatic heterocycles. The lowest BCUT2D eigenvalue weighted by Crippen LogP contribution is -1.87. The molecule has 0 atom stereocenters. The molecule has 1 aromatic carbocycles. The van der Waals surface area contributed by atoms with E-state index in [1.54, 1.807) is 0 Å². The molecule has 0 spiro atoms. The molecule has 0 radical (unpaired) electrons. The van der Waals surface area contributed by atoms with Crippen molar-refractivity contribution in [3.05, 3.63) is 40.6 Å². The zero-order chi connectivity index (χ0) is 11.4. The minimum absolute atomic E-state index is 0.935. The first-order valence-electron chi connectivity index (χ1n) is 5.84. The van der Waals surface area contributed by atoms with Crippen LogP contribution in [0.1, 0.15) is 31.7 Å². The Kier molecular flexibility index (Phi) is 3.94. The van der Waals surface area contributed by atoms with Gasteiger partial charge in [-0.3, -0.25) is 0 Å². The highest BCUT2D eigenvalue weighted by atomic mass is 79.9. The van der Waals surface area contributed by atoms with Crippen molar-refractivity contribution < 1.29 is 0 Å². The summed E-state index contributed by atoms with van der Waals surface area (Å²) in [5, 5.41) is 2.47. The fraction of sp³-hybridized carbons (Fsp3) is 0.357. The van der Waals surface area contributed by atoms with E-state index in [0.717, 1.165) is 4.60 Å². The number of aryl methyl sites for hydroxylation is 1. The van der Waals surface area contributed by atoms with E-state index in [1.807, 2.05) is 6.20 Å². The van der Waals surface area contributed by atoms with Crippen molar-refractivity contribution in [2.24, 2.45) is 0 Å². The standard InChI is InChI=1S/C14H16BrN/c1-2-3-4-5-11-6-7-13-12(10-11)8-9-16-14(13)15/h6-10H,2-5H2,1H3. The number of nitrogens with zero attached hydrogens (tertiary/aromatic N) is 1. The Balaban J connectivity index is 2.23. The van der Waals surface area contributed by atoms with Gasteiger partial charge in [-0.2, -0.15) is 0 Å². The maximum absolute atomic E-state index is 4.23. The Bertz CT molecular complexity index is 479. The largest absolute Gasteiger partial charge is 0.249 e. The van der Waals surface area contributed by atoms with E-state index in [4.69, 9.17) is 0 Å². The van der Waals surface area contributed by atoms with Gasteiger partial charge in [0.05, 0.1) is 0 Å². The normalized spacial score (nSPS) is 10.9. The number of benzene rings is 1.